The summed E-state index contributed by atoms with van der Waals surface area (Å²) in [5.74, 6) is 0. The van der Waals surface area contributed by atoms with Crippen LogP contribution in [0, 0.1) is 5.41 Å². The van der Waals surface area contributed by atoms with Crippen molar-refractivity contribution in [1.29, 1.82) is 0 Å². The van der Waals surface area contributed by atoms with Crippen molar-refractivity contribution < 1.29 is 4.74 Å². The zero-order valence-corrected chi connectivity index (χ0v) is 8.64. The van der Waals surface area contributed by atoms with Crippen LogP contribution in [0.4, 0.5) is 0 Å². The van der Waals surface area contributed by atoms with Crippen LogP contribution in [-0.4, -0.2) is 25.8 Å². The minimum absolute atomic E-state index is 0.587. The van der Waals surface area contributed by atoms with Crippen LogP contribution < -0.4 is 5.32 Å². The Hall–Kier alpha value is -0.0800. The molecule has 2 aliphatic heterocycles. The molecule has 0 aliphatic carbocycles. The molecule has 2 aliphatic rings. The van der Waals surface area contributed by atoms with Gasteiger partial charge in [0.25, 0.3) is 0 Å². The summed E-state index contributed by atoms with van der Waals surface area (Å²) in [6, 6.07) is 0. The molecule has 2 heteroatoms. The monoisotopic (exact) mass is 183 g/mol. The van der Waals surface area contributed by atoms with Gasteiger partial charge in [0, 0.05) is 19.7 Å². The van der Waals surface area contributed by atoms with Gasteiger partial charge in [0.05, 0.1) is 6.10 Å². The van der Waals surface area contributed by atoms with Crippen LogP contribution in [0.25, 0.3) is 0 Å². The molecule has 1 N–H and O–H groups in total. The van der Waals surface area contributed by atoms with Gasteiger partial charge in [-0.25, -0.2) is 0 Å². The molecule has 1 atom stereocenters. The predicted molar refractivity (Wildman–Crippen MR) is 53.8 cm³/mol. The fraction of sp³-hybridized carbons (Fsp3) is 1.00. The van der Waals surface area contributed by atoms with E-state index in [0.717, 1.165) is 6.61 Å². The molecule has 0 radical (unpaired) electrons. The average Bonchev–Trinajstić information content (AvgIpc) is 2.56. The van der Waals surface area contributed by atoms with E-state index in [4.69, 9.17) is 4.74 Å². The van der Waals surface area contributed by atoms with Crippen molar-refractivity contribution in [3.8, 4) is 0 Å². The highest BCUT2D eigenvalue weighted by atomic mass is 16.5. The molecule has 0 aromatic heterocycles. The van der Waals surface area contributed by atoms with Crippen molar-refractivity contribution in [1.82, 2.24) is 5.32 Å². The molecule has 2 fully saturated rings. The van der Waals surface area contributed by atoms with Gasteiger partial charge >= 0.3 is 0 Å². The Morgan fingerprint density at radius 1 is 1.46 bits per heavy atom. The van der Waals surface area contributed by atoms with Gasteiger partial charge in [-0.05, 0) is 37.5 Å². The Balaban J connectivity index is 1.71. The molecule has 2 saturated heterocycles. The Morgan fingerprint density at radius 2 is 2.31 bits per heavy atom. The second kappa shape index (κ2) is 3.97. The van der Waals surface area contributed by atoms with Gasteiger partial charge < -0.3 is 10.1 Å². The normalized spacial score (nSPS) is 31.6. The molecular weight excluding hydrogens is 162 g/mol. The summed E-state index contributed by atoms with van der Waals surface area (Å²) in [7, 11) is 0. The summed E-state index contributed by atoms with van der Waals surface area (Å²) < 4.78 is 5.64. The van der Waals surface area contributed by atoms with Gasteiger partial charge in [0.1, 0.15) is 0 Å². The zero-order chi connectivity index (χ0) is 9.15. The Labute approximate surface area is 81.0 Å². The van der Waals surface area contributed by atoms with Crippen LogP contribution in [0.2, 0.25) is 0 Å². The number of nitrogens with one attached hydrogen (secondary N) is 1. The third kappa shape index (κ3) is 2.05. The van der Waals surface area contributed by atoms with Gasteiger partial charge in [-0.3, -0.25) is 0 Å². The molecule has 2 nitrogen and oxygen atoms in total. The maximum atomic E-state index is 5.64. The number of hydrogen-bond acceptors (Lipinski definition) is 2. The molecule has 0 bridgehead atoms. The van der Waals surface area contributed by atoms with Crippen molar-refractivity contribution in [3.63, 3.8) is 0 Å². The van der Waals surface area contributed by atoms with E-state index in [1.54, 1.807) is 0 Å². The lowest BCUT2D eigenvalue weighted by Gasteiger charge is -2.42. The van der Waals surface area contributed by atoms with Gasteiger partial charge in [-0.1, -0.05) is 6.92 Å². The Kier molecular flexibility index (Phi) is 2.89. The van der Waals surface area contributed by atoms with E-state index in [1.807, 2.05) is 0 Å². The molecule has 0 aromatic rings. The zero-order valence-electron chi connectivity index (χ0n) is 8.64. The first kappa shape index (κ1) is 9.47. The topological polar surface area (TPSA) is 21.3 Å². The molecule has 2 rings (SSSR count). The maximum Gasteiger partial charge on any atom is 0.0576 e. The summed E-state index contributed by atoms with van der Waals surface area (Å²) in [5, 5.41) is 3.39. The Morgan fingerprint density at radius 3 is 2.77 bits per heavy atom. The highest BCUT2D eigenvalue weighted by Gasteiger charge is 2.35. The third-order valence-electron chi connectivity index (χ3n) is 3.77. The fourth-order valence-corrected chi connectivity index (χ4v) is 2.42. The second-order valence-electron chi connectivity index (χ2n) is 4.63. The van der Waals surface area contributed by atoms with E-state index in [-0.39, 0.29) is 0 Å². The van der Waals surface area contributed by atoms with E-state index in [1.165, 1.54) is 45.2 Å². The lowest BCUT2D eigenvalue weighted by molar-refractivity contribution is 0.0696. The highest BCUT2D eigenvalue weighted by molar-refractivity contribution is 4.91. The predicted octanol–water partition coefficient (Wildman–Crippen LogP) is 1.95. The second-order valence-corrected chi connectivity index (χ2v) is 4.63. The van der Waals surface area contributed by atoms with Crippen molar-refractivity contribution >= 4 is 0 Å². The summed E-state index contributed by atoms with van der Waals surface area (Å²) >= 11 is 0. The molecule has 1 unspecified atom stereocenters. The first-order valence-electron chi connectivity index (χ1n) is 5.67. The van der Waals surface area contributed by atoms with Crippen molar-refractivity contribution in [2.75, 3.05) is 19.7 Å². The molecule has 13 heavy (non-hydrogen) atoms. The SMILES string of the molecule is CCC1(CCC2CCCO2)CNC1. The summed E-state index contributed by atoms with van der Waals surface area (Å²) in [6.07, 6.45) is 7.14. The first-order chi connectivity index (χ1) is 6.35. The first-order valence-corrected chi connectivity index (χ1v) is 5.67. The van der Waals surface area contributed by atoms with Crippen LogP contribution in [-0.2, 0) is 4.74 Å². The van der Waals surface area contributed by atoms with Crippen LogP contribution in [0.1, 0.15) is 39.0 Å². The molecule has 0 spiro atoms. The van der Waals surface area contributed by atoms with Crippen molar-refractivity contribution in [2.24, 2.45) is 5.41 Å². The van der Waals surface area contributed by atoms with Crippen LogP contribution in [0.3, 0.4) is 0 Å². The maximum absolute atomic E-state index is 5.64. The van der Waals surface area contributed by atoms with Gasteiger partial charge in [0.15, 0.2) is 0 Å². The largest absolute Gasteiger partial charge is 0.378 e. The van der Waals surface area contributed by atoms with Crippen LogP contribution in [0.5, 0.6) is 0 Å². The van der Waals surface area contributed by atoms with E-state index in [9.17, 15) is 0 Å². The molecule has 2 heterocycles. The lowest BCUT2D eigenvalue weighted by Crippen LogP contribution is -2.53. The van der Waals surface area contributed by atoms with E-state index in [0.29, 0.717) is 11.5 Å². The van der Waals surface area contributed by atoms with Crippen LogP contribution >= 0.6 is 0 Å². The van der Waals surface area contributed by atoms with Crippen LogP contribution in [0.15, 0.2) is 0 Å². The average molecular weight is 183 g/mol. The number of ether oxygens (including phenoxy) is 1. The van der Waals surface area contributed by atoms with Gasteiger partial charge in [-0.15, -0.1) is 0 Å². The van der Waals surface area contributed by atoms with E-state index in [2.05, 4.69) is 12.2 Å². The van der Waals surface area contributed by atoms with Gasteiger partial charge in [-0.2, -0.15) is 0 Å². The third-order valence-corrected chi connectivity index (χ3v) is 3.77. The molecule has 0 aromatic carbocycles. The summed E-state index contributed by atoms with van der Waals surface area (Å²) in [6.45, 7) is 5.78. The quantitative estimate of drug-likeness (QED) is 0.719. The van der Waals surface area contributed by atoms with E-state index >= 15 is 0 Å². The van der Waals surface area contributed by atoms with Crippen molar-refractivity contribution in [2.45, 2.75) is 45.1 Å². The lowest BCUT2D eigenvalue weighted by atomic mass is 9.75. The molecule has 0 amide bonds. The number of hydrogen-bond donors (Lipinski definition) is 1. The summed E-state index contributed by atoms with van der Waals surface area (Å²) in [4.78, 5) is 0. The fourth-order valence-electron chi connectivity index (χ4n) is 2.42. The van der Waals surface area contributed by atoms with E-state index < -0.39 is 0 Å². The molecule has 0 saturated carbocycles. The highest BCUT2D eigenvalue weighted by Crippen LogP contribution is 2.34. The minimum atomic E-state index is 0.587. The summed E-state index contributed by atoms with van der Waals surface area (Å²) in [5.41, 5.74) is 0.631. The number of rotatable bonds is 4. The molecular formula is C11H21NO. The Bertz CT molecular complexity index is 154. The van der Waals surface area contributed by atoms with Gasteiger partial charge in [0.2, 0.25) is 0 Å². The smallest absolute Gasteiger partial charge is 0.0576 e. The standard InChI is InChI=1S/C11H21NO/c1-2-11(8-12-9-11)6-5-10-4-3-7-13-10/h10,12H,2-9H2,1H3. The molecule has 76 valence electrons. The van der Waals surface area contributed by atoms with Crippen molar-refractivity contribution in [3.05, 3.63) is 0 Å². The minimum Gasteiger partial charge on any atom is -0.378 e.